The Morgan fingerprint density at radius 1 is 0.833 bits per heavy atom. The van der Waals surface area contributed by atoms with Gasteiger partial charge in [-0.05, 0) is 49.2 Å². The van der Waals surface area contributed by atoms with Crippen molar-refractivity contribution in [2.24, 2.45) is 9.98 Å². The van der Waals surface area contributed by atoms with Gasteiger partial charge in [0.15, 0.2) is 11.7 Å². The number of benzene rings is 1. The Labute approximate surface area is 225 Å². The van der Waals surface area contributed by atoms with E-state index in [0.717, 1.165) is 41.0 Å². The van der Waals surface area contributed by atoms with Crippen LogP contribution in [0.4, 0.5) is 11.6 Å². The van der Waals surface area contributed by atoms with Crippen LogP contribution in [0.5, 0.6) is 0 Å². The molecule has 14 nitrogen and oxygen atoms in total. The number of hydrogen-bond donors (Lipinski definition) is 2. The second kappa shape index (κ2) is 16.5. The quantitative estimate of drug-likeness (QED) is 0.250. The number of hydrogen-bond acceptors (Lipinski definition) is 11. The summed E-state index contributed by atoms with van der Waals surface area (Å²) in [4.78, 5) is 34.5. The monoisotopic (exact) mass is 597 g/mol. The Hall–Kier alpha value is -4.06. The van der Waals surface area contributed by atoms with Crippen LogP contribution < -0.4 is 5.32 Å². The molecule has 2 N–H and O–H groups in total. The van der Waals surface area contributed by atoms with E-state index in [9.17, 15) is 0 Å². The van der Waals surface area contributed by atoms with Gasteiger partial charge in [0.05, 0.1) is 10.2 Å². The molecule has 0 spiro atoms. The first-order chi connectivity index (χ1) is 16.7. The maximum Gasteiger partial charge on any atom is 2.00 e. The first kappa shape index (κ1) is 31.9. The number of rotatable bonds is 2. The molecule has 1 aliphatic heterocycles. The summed E-state index contributed by atoms with van der Waals surface area (Å²) in [5.74, 6) is 2.83. The van der Waals surface area contributed by atoms with Crippen molar-refractivity contribution in [3.63, 3.8) is 0 Å². The molecule has 15 heteroatoms. The predicted molar refractivity (Wildman–Crippen MR) is 130 cm³/mol. The first-order valence-corrected chi connectivity index (χ1v) is 9.63. The zero-order chi connectivity index (χ0) is 26.4. The van der Waals surface area contributed by atoms with Crippen molar-refractivity contribution in [3.05, 3.63) is 114 Å². The van der Waals surface area contributed by atoms with Crippen LogP contribution in [0.1, 0.15) is 22.3 Å². The Bertz CT molecular complexity index is 1200. The number of nitrogens with zero attached hydrogens (tertiary/aromatic N) is 6. The number of aromatic nitrogens is 2. The average molecular weight is 596 g/mol. The Kier molecular flexibility index (Phi) is 14.7. The van der Waals surface area contributed by atoms with Crippen LogP contribution in [0.2, 0.25) is 0 Å². The van der Waals surface area contributed by atoms with E-state index < -0.39 is 10.2 Å². The molecule has 4 rings (SSSR count). The standard InChI is InChI=1S/C20H17N5.CH4O.Cd.2NO3/c1-13-7-9-21-17(11-13)23-19-15-5-3-4-6-16(15)20(25-19)24-18-12-14(2)8-10-22-18;1-2;;2*2-1(3)4/h3-12H,1-2H3,(H,21,22,23,24,25);2H,1H3;;;/q;;+2;2*-1. The number of aliphatic imine (C=N–C) groups is 2. The van der Waals surface area contributed by atoms with Gasteiger partial charge in [-0.1, -0.05) is 24.3 Å². The zero-order valence-corrected chi connectivity index (χ0v) is 23.6. The molecule has 0 saturated carbocycles. The smallest absolute Gasteiger partial charge is 0.400 e. The SMILES string of the molecule is CO.Cc1ccnc(N=C2N=C(Nc3cc(C)ccn3)c3ccccc32)c1.O=[N+]([O-])[O-].O=[N+]([O-])[O-].[Cd+2]. The van der Waals surface area contributed by atoms with Gasteiger partial charge < -0.3 is 41.1 Å². The van der Waals surface area contributed by atoms with Crippen LogP contribution in [0, 0.1) is 44.5 Å². The number of fused-ring (bicyclic) bond motifs is 1. The fourth-order valence-corrected chi connectivity index (χ4v) is 2.71. The zero-order valence-electron chi connectivity index (χ0n) is 19.6. The molecule has 0 atom stereocenters. The van der Waals surface area contributed by atoms with Crippen LogP contribution in [0.3, 0.4) is 0 Å². The Morgan fingerprint density at radius 3 is 1.86 bits per heavy atom. The van der Waals surface area contributed by atoms with Crippen molar-refractivity contribution in [2.75, 3.05) is 12.4 Å². The number of nitrogens with one attached hydrogen (secondary N) is 1. The van der Waals surface area contributed by atoms with Crippen molar-refractivity contribution in [3.8, 4) is 0 Å². The molecule has 1 aromatic carbocycles. The summed E-state index contributed by atoms with van der Waals surface area (Å²) in [6, 6.07) is 15.9. The summed E-state index contributed by atoms with van der Waals surface area (Å²) in [6.45, 7) is 4.06. The van der Waals surface area contributed by atoms with E-state index in [-0.39, 0.29) is 27.3 Å². The summed E-state index contributed by atoms with van der Waals surface area (Å²) in [6.07, 6.45) is 3.54. The second-order valence-corrected chi connectivity index (χ2v) is 6.42. The molecule has 36 heavy (non-hydrogen) atoms. The minimum Gasteiger partial charge on any atom is -0.400 e. The fourth-order valence-electron chi connectivity index (χ4n) is 2.71. The van der Waals surface area contributed by atoms with Crippen LogP contribution in [-0.2, 0) is 27.3 Å². The summed E-state index contributed by atoms with van der Waals surface area (Å²) < 4.78 is 0. The van der Waals surface area contributed by atoms with Gasteiger partial charge in [0.2, 0.25) is 0 Å². The van der Waals surface area contributed by atoms with Gasteiger partial charge >= 0.3 is 27.3 Å². The molecule has 2 aromatic heterocycles. The van der Waals surface area contributed by atoms with E-state index in [2.05, 4.69) is 25.3 Å². The van der Waals surface area contributed by atoms with E-state index in [1.807, 2.05) is 62.4 Å². The van der Waals surface area contributed by atoms with E-state index in [1.165, 1.54) is 0 Å². The van der Waals surface area contributed by atoms with Crippen LogP contribution in [0.15, 0.2) is 70.9 Å². The number of amidine groups is 2. The number of aryl methyl sites for hydroxylation is 2. The van der Waals surface area contributed by atoms with Crippen LogP contribution >= 0.6 is 0 Å². The van der Waals surface area contributed by atoms with Crippen LogP contribution in [-0.4, -0.2) is 44.0 Å². The van der Waals surface area contributed by atoms with E-state index in [0.29, 0.717) is 11.7 Å². The number of aliphatic hydroxyl groups is 1. The van der Waals surface area contributed by atoms with Crippen molar-refractivity contribution >= 4 is 23.3 Å². The number of pyridine rings is 2. The molecular formula is C21H21CdN7O7. The molecule has 0 radical (unpaired) electrons. The fraction of sp³-hybridized carbons (Fsp3) is 0.143. The van der Waals surface area contributed by atoms with Gasteiger partial charge in [0.1, 0.15) is 11.7 Å². The third kappa shape index (κ3) is 11.4. The third-order valence-electron chi connectivity index (χ3n) is 3.92. The average Bonchev–Trinajstić information content (AvgIpc) is 3.12. The van der Waals surface area contributed by atoms with Gasteiger partial charge in [0.25, 0.3) is 0 Å². The molecule has 3 aromatic rings. The summed E-state index contributed by atoms with van der Waals surface area (Å²) in [5, 5.41) is 39.8. The summed E-state index contributed by atoms with van der Waals surface area (Å²) in [5.41, 5.74) is 4.26. The van der Waals surface area contributed by atoms with Gasteiger partial charge in [-0.25, -0.2) is 20.0 Å². The first-order valence-electron chi connectivity index (χ1n) is 9.63. The largest absolute Gasteiger partial charge is 2.00 e. The minimum atomic E-state index is -1.75. The molecule has 0 bridgehead atoms. The summed E-state index contributed by atoms with van der Waals surface area (Å²) in [7, 11) is 1.00. The molecule has 184 valence electrons. The van der Waals surface area contributed by atoms with Gasteiger partial charge in [-0.15, -0.1) is 0 Å². The maximum absolute atomic E-state index is 8.25. The van der Waals surface area contributed by atoms with Crippen molar-refractivity contribution in [2.45, 2.75) is 13.8 Å². The minimum absolute atomic E-state index is 0. The van der Waals surface area contributed by atoms with Gasteiger partial charge in [-0.3, -0.25) is 0 Å². The Morgan fingerprint density at radius 2 is 1.33 bits per heavy atom. The predicted octanol–water partition coefficient (Wildman–Crippen LogP) is 3.17. The molecule has 3 heterocycles. The maximum atomic E-state index is 8.25. The number of anilines is 1. The third-order valence-corrected chi connectivity index (χ3v) is 3.92. The topological polar surface area (TPSA) is 215 Å². The molecular weight excluding hydrogens is 575 g/mol. The second-order valence-electron chi connectivity index (χ2n) is 6.42. The van der Waals surface area contributed by atoms with E-state index >= 15 is 0 Å². The molecule has 0 fully saturated rings. The van der Waals surface area contributed by atoms with Crippen molar-refractivity contribution < 1.29 is 42.6 Å². The molecule has 0 saturated heterocycles. The molecule has 0 amide bonds. The molecule has 1 aliphatic rings. The summed E-state index contributed by atoms with van der Waals surface area (Å²) >= 11 is 0. The van der Waals surface area contributed by atoms with Gasteiger partial charge in [-0.2, -0.15) is 0 Å². The van der Waals surface area contributed by atoms with Crippen molar-refractivity contribution in [1.82, 2.24) is 9.97 Å². The van der Waals surface area contributed by atoms with Gasteiger partial charge in [0, 0.05) is 30.6 Å². The Balaban J connectivity index is 0.000000967. The van der Waals surface area contributed by atoms with E-state index in [1.54, 1.807) is 12.4 Å². The van der Waals surface area contributed by atoms with Crippen molar-refractivity contribution in [1.29, 1.82) is 0 Å². The molecule has 0 unspecified atom stereocenters. The number of aliphatic hydroxyl groups excluding tert-OH is 1. The molecule has 0 aliphatic carbocycles. The van der Waals surface area contributed by atoms with E-state index in [4.69, 9.17) is 35.7 Å². The van der Waals surface area contributed by atoms with Crippen LogP contribution in [0.25, 0.3) is 0 Å². The normalized spacial score (nSPS) is 11.4.